The van der Waals surface area contributed by atoms with Crippen LogP contribution in [0.15, 0.2) is 29.2 Å². The first-order valence-electron chi connectivity index (χ1n) is 9.37. The molecule has 0 unspecified atom stereocenters. The van der Waals surface area contributed by atoms with Crippen LogP contribution < -0.4 is 15.5 Å². The molecule has 1 aliphatic heterocycles. The summed E-state index contributed by atoms with van der Waals surface area (Å²) in [7, 11) is -3.52. The molecule has 0 bridgehead atoms. The largest absolute Gasteiger partial charge is 0.338 e. The zero-order valence-electron chi connectivity index (χ0n) is 16.0. The molecule has 0 aliphatic carbocycles. The van der Waals surface area contributed by atoms with Crippen molar-refractivity contribution in [3.63, 3.8) is 0 Å². The van der Waals surface area contributed by atoms with Gasteiger partial charge in [-0.25, -0.2) is 13.2 Å². The summed E-state index contributed by atoms with van der Waals surface area (Å²) in [6, 6.07) is 6.56. The Bertz CT molecular complexity index is 741. The lowest BCUT2D eigenvalue weighted by atomic mass is 10.1. The topological polar surface area (TPSA) is 100 Å². The van der Waals surface area contributed by atoms with Gasteiger partial charge in [0.2, 0.25) is 10.0 Å². The van der Waals surface area contributed by atoms with Gasteiger partial charge in [0.1, 0.15) is 0 Å². The van der Waals surface area contributed by atoms with Crippen LogP contribution in [0.1, 0.15) is 25.8 Å². The quantitative estimate of drug-likeness (QED) is 0.571. The van der Waals surface area contributed by atoms with Crippen molar-refractivity contribution in [1.29, 1.82) is 0 Å². The number of amides is 3. The molecule has 2 rings (SSSR count). The summed E-state index contributed by atoms with van der Waals surface area (Å²) in [5.41, 5.74) is 1.13. The van der Waals surface area contributed by atoms with Crippen LogP contribution in [-0.2, 0) is 21.2 Å². The van der Waals surface area contributed by atoms with Crippen LogP contribution in [0, 0.1) is 0 Å². The third-order valence-electron chi connectivity index (χ3n) is 4.53. The van der Waals surface area contributed by atoms with Gasteiger partial charge >= 0.3 is 6.03 Å². The Hall–Kier alpha value is -1.97. The van der Waals surface area contributed by atoms with Gasteiger partial charge in [-0.3, -0.25) is 10.1 Å². The molecular formula is C18H29N4O4S+. The molecule has 0 atom stereocenters. The highest BCUT2D eigenvalue weighted by Gasteiger charge is 2.31. The highest BCUT2D eigenvalue weighted by atomic mass is 32.2. The summed E-state index contributed by atoms with van der Waals surface area (Å²) >= 11 is 0. The first-order valence-corrected chi connectivity index (χ1v) is 10.8. The van der Waals surface area contributed by atoms with E-state index in [-0.39, 0.29) is 12.5 Å². The summed E-state index contributed by atoms with van der Waals surface area (Å²) in [4.78, 5) is 24.5. The molecule has 8 nitrogen and oxygen atoms in total. The van der Waals surface area contributed by atoms with Crippen LogP contribution in [0.5, 0.6) is 0 Å². The molecule has 0 aromatic heterocycles. The molecule has 1 aliphatic rings. The number of nitrogens with zero attached hydrogens (tertiary/aromatic N) is 1. The number of piperazine rings is 1. The van der Waals surface area contributed by atoms with E-state index in [0.717, 1.165) is 23.3 Å². The average Bonchev–Trinajstić information content (AvgIpc) is 2.63. The van der Waals surface area contributed by atoms with Gasteiger partial charge in [-0.05, 0) is 31.0 Å². The average molecular weight is 398 g/mol. The van der Waals surface area contributed by atoms with E-state index in [4.69, 9.17) is 0 Å². The van der Waals surface area contributed by atoms with Crippen molar-refractivity contribution in [3.05, 3.63) is 29.8 Å². The van der Waals surface area contributed by atoms with Crippen LogP contribution >= 0.6 is 0 Å². The number of benzene rings is 1. The number of hydrogen-bond donors (Lipinski definition) is 3. The minimum atomic E-state index is -3.52. The maximum Gasteiger partial charge on any atom is 0.321 e. The second kappa shape index (κ2) is 9.82. The minimum absolute atomic E-state index is 0.150. The molecule has 9 heteroatoms. The van der Waals surface area contributed by atoms with Gasteiger partial charge in [-0.15, -0.1) is 0 Å². The van der Waals surface area contributed by atoms with Crippen molar-refractivity contribution in [3.8, 4) is 0 Å². The fourth-order valence-corrected chi connectivity index (χ4v) is 4.53. The molecule has 150 valence electrons. The summed E-state index contributed by atoms with van der Waals surface area (Å²) in [6.07, 6.45) is 1.95. The maximum atomic E-state index is 12.8. The normalized spacial score (nSPS) is 16.1. The molecule has 3 N–H and O–H groups in total. The van der Waals surface area contributed by atoms with Gasteiger partial charge in [0.05, 0.1) is 31.1 Å². The number of carbonyl (C=O) groups excluding carboxylic acids is 2. The Balaban J connectivity index is 1.88. The predicted molar refractivity (Wildman–Crippen MR) is 102 cm³/mol. The van der Waals surface area contributed by atoms with E-state index in [1.807, 2.05) is 12.1 Å². The number of sulfonamides is 1. The van der Waals surface area contributed by atoms with Gasteiger partial charge in [0.15, 0.2) is 6.54 Å². The lowest BCUT2D eigenvalue weighted by Crippen LogP contribution is -3.15. The zero-order chi connectivity index (χ0) is 19.9. The smallest absolute Gasteiger partial charge is 0.321 e. The first kappa shape index (κ1) is 21.3. The first-order chi connectivity index (χ1) is 12.9. The Morgan fingerprint density at radius 3 is 2.30 bits per heavy atom. The molecule has 0 spiro atoms. The third kappa shape index (κ3) is 6.02. The number of carbonyl (C=O) groups is 2. The second-order valence-electron chi connectivity index (χ2n) is 6.63. The summed E-state index contributed by atoms with van der Waals surface area (Å²) in [5, 5.41) is 4.77. The van der Waals surface area contributed by atoms with Crippen molar-refractivity contribution in [1.82, 2.24) is 14.9 Å². The van der Waals surface area contributed by atoms with Gasteiger partial charge in [-0.2, -0.15) is 4.31 Å². The Kier molecular flexibility index (Phi) is 7.76. The predicted octanol–water partition coefficient (Wildman–Crippen LogP) is -0.626. The van der Waals surface area contributed by atoms with Crippen LogP contribution in [0.3, 0.4) is 0 Å². The number of rotatable bonds is 7. The molecule has 1 aromatic carbocycles. The van der Waals surface area contributed by atoms with Crippen molar-refractivity contribution in [2.75, 3.05) is 39.3 Å². The lowest BCUT2D eigenvalue weighted by molar-refractivity contribution is -0.895. The standard InChI is InChI=1S/C18H28N4O4S/c1-3-5-15-6-8-16(9-7-15)27(25,26)22-12-10-21(11-13-22)14-17(23)20-18(24)19-4-2/h6-9H,3-5,10-14H2,1-2H3,(H2,19,20,23,24)/p+1. The number of aryl methyl sites for hydroxylation is 1. The molecule has 1 heterocycles. The fraction of sp³-hybridized carbons (Fsp3) is 0.556. The highest BCUT2D eigenvalue weighted by Crippen LogP contribution is 2.17. The number of nitrogens with one attached hydrogen (secondary N) is 3. The Morgan fingerprint density at radius 2 is 1.74 bits per heavy atom. The summed E-state index contributed by atoms with van der Waals surface area (Å²) < 4.78 is 27.0. The van der Waals surface area contributed by atoms with E-state index < -0.39 is 16.1 Å². The third-order valence-corrected chi connectivity index (χ3v) is 6.44. The van der Waals surface area contributed by atoms with E-state index in [1.165, 1.54) is 4.31 Å². The number of urea groups is 1. The molecule has 1 aromatic rings. The highest BCUT2D eigenvalue weighted by molar-refractivity contribution is 7.89. The van der Waals surface area contributed by atoms with E-state index in [0.29, 0.717) is 37.6 Å². The van der Waals surface area contributed by atoms with Crippen LogP contribution in [0.25, 0.3) is 0 Å². The van der Waals surface area contributed by atoms with Crippen LogP contribution in [-0.4, -0.2) is 63.9 Å². The molecule has 27 heavy (non-hydrogen) atoms. The molecule has 1 fully saturated rings. The Morgan fingerprint density at radius 1 is 1.11 bits per heavy atom. The van der Waals surface area contributed by atoms with Crippen molar-refractivity contribution in [2.24, 2.45) is 0 Å². The molecule has 0 radical (unpaired) electrons. The minimum Gasteiger partial charge on any atom is -0.338 e. The molecule has 0 saturated carbocycles. The number of quaternary nitrogens is 1. The maximum absolute atomic E-state index is 12.8. The van der Waals surface area contributed by atoms with Gasteiger partial charge in [0, 0.05) is 6.54 Å². The van der Waals surface area contributed by atoms with Crippen molar-refractivity contribution in [2.45, 2.75) is 31.6 Å². The lowest BCUT2D eigenvalue weighted by Gasteiger charge is -2.31. The Labute approximate surface area is 161 Å². The van der Waals surface area contributed by atoms with Gasteiger partial charge < -0.3 is 10.2 Å². The van der Waals surface area contributed by atoms with Gasteiger partial charge in [0.25, 0.3) is 5.91 Å². The van der Waals surface area contributed by atoms with E-state index in [2.05, 4.69) is 17.6 Å². The van der Waals surface area contributed by atoms with Crippen LogP contribution in [0.4, 0.5) is 4.79 Å². The zero-order valence-corrected chi connectivity index (χ0v) is 16.8. The fourth-order valence-electron chi connectivity index (χ4n) is 3.09. The van der Waals surface area contributed by atoms with Crippen molar-refractivity contribution < 1.29 is 22.9 Å². The number of imide groups is 1. The van der Waals surface area contributed by atoms with E-state index >= 15 is 0 Å². The number of hydrogen-bond acceptors (Lipinski definition) is 4. The summed E-state index contributed by atoms with van der Waals surface area (Å²) in [6.45, 7) is 6.20. The SMILES string of the molecule is CCCc1ccc(S(=O)(=O)N2CC[NH+](CC(=O)NC(=O)NCC)CC2)cc1. The van der Waals surface area contributed by atoms with Crippen molar-refractivity contribution >= 4 is 22.0 Å². The summed E-state index contributed by atoms with van der Waals surface area (Å²) in [5.74, 6) is -0.362. The van der Waals surface area contributed by atoms with E-state index in [1.54, 1.807) is 19.1 Å². The molecule has 1 saturated heterocycles. The monoisotopic (exact) mass is 397 g/mol. The molecule has 3 amide bonds. The second-order valence-corrected chi connectivity index (χ2v) is 8.57. The van der Waals surface area contributed by atoms with Gasteiger partial charge in [-0.1, -0.05) is 25.5 Å². The van der Waals surface area contributed by atoms with E-state index in [9.17, 15) is 18.0 Å². The molecular weight excluding hydrogens is 368 g/mol. The van der Waals surface area contributed by atoms with Crippen LogP contribution in [0.2, 0.25) is 0 Å².